The zero-order valence-electron chi connectivity index (χ0n) is 11.9. The number of aliphatic hydroxyl groups is 1. The maximum Gasteiger partial charge on any atom is 0.233 e. The van der Waals surface area contributed by atoms with Gasteiger partial charge in [-0.3, -0.25) is 14.5 Å². The first-order valence-corrected chi connectivity index (χ1v) is 6.65. The number of rotatable bonds is 4. The highest BCUT2D eigenvalue weighted by Gasteiger charge is 2.72. The Balaban J connectivity index is 2.05. The van der Waals surface area contributed by atoms with Crippen LogP contribution in [0.15, 0.2) is 0 Å². The summed E-state index contributed by atoms with van der Waals surface area (Å²) < 4.78 is 0. The van der Waals surface area contributed by atoms with Crippen molar-refractivity contribution in [1.29, 1.82) is 0 Å². The van der Waals surface area contributed by atoms with Crippen LogP contribution in [0.2, 0.25) is 0 Å². The van der Waals surface area contributed by atoms with Gasteiger partial charge in [0.2, 0.25) is 11.8 Å². The van der Waals surface area contributed by atoms with Gasteiger partial charge < -0.3 is 5.11 Å². The van der Waals surface area contributed by atoms with Gasteiger partial charge in [0.1, 0.15) is 0 Å². The summed E-state index contributed by atoms with van der Waals surface area (Å²) in [6.45, 7) is 9.78. The fourth-order valence-corrected chi connectivity index (χ4v) is 3.44. The second-order valence-corrected chi connectivity index (χ2v) is 7.13. The van der Waals surface area contributed by atoms with Crippen molar-refractivity contribution in [1.82, 2.24) is 4.90 Å². The monoisotopic (exact) mass is 253 g/mol. The lowest BCUT2D eigenvalue weighted by Gasteiger charge is -2.31. The van der Waals surface area contributed by atoms with E-state index < -0.39 is 5.60 Å². The highest BCUT2D eigenvalue weighted by atomic mass is 16.3. The van der Waals surface area contributed by atoms with Gasteiger partial charge in [-0.05, 0) is 24.7 Å². The standard InChI is InChI=1S/C14H23NO3/c1-8(2)6-14(5,18)7-15-11(16)9-10(12(15)17)13(9,3)4/h8-10,18H,6-7H2,1-5H3. The average Bonchev–Trinajstić information content (AvgIpc) is 2.63. The molecule has 1 N–H and O–H groups in total. The number of hydrogen-bond donors (Lipinski definition) is 1. The molecule has 18 heavy (non-hydrogen) atoms. The van der Waals surface area contributed by atoms with Gasteiger partial charge in [-0.2, -0.15) is 0 Å². The van der Waals surface area contributed by atoms with E-state index in [9.17, 15) is 14.7 Å². The van der Waals surface area contributed by atoms with Gasteiger partial charge in [0, 0.05) is 0 Å². The lowest BCUT2D eigenvalue weighted by Crippen LogP contribution is -2.47. The molecular weight excluding hydrogens is 230 g/mol. The number of imide groups is 1. The Labute approximate surface area is 108 Å². The number of carbonyl (C=O) groups excluding carboxylic acids is 2. The van der Waals surface area contributed by atoms with Crippen LogP contribution < -0.4 is 0 Å². The molecule has 0 aromatic rings. The topological polar surface area (TPSA) is 57.6 Å². The highest BCUT2D eigenvalue weighted by Crippen LogP contribution is 2.63. The molecular formula is C14H23NO3. The average molecular weight is 253 g/mol. The molecule has 0 radical (unpaired) electrons. The fourth-order valence-electron chi connectivity index (χ4n) is 3.44. The number of hydrogen-bond acceptors (Lipinski definition) is 3. The molecule has 0 aromatic carbocycles. The Bertz CT molecular complexity index is 374. The maximum absolute atomic E-state index is 12.1. The van der Waals surface area contributed by atoms with Crippen LogP contribution in [-0.2, 0) is 9.59 Å². The third-order valence-electron chi connectivity index (χ3n) is 4.24. The number of piperidine rings is 1. The SMILES string of the molecule is CC(C)CC(C)(O)CN1C(=O)C2C(C1=O)C2(C)C. The van der Waals surface area contributed by atoms with Gasteiger partial charge >= 0.3 is 0 Å². The van der Waals surface area contributed by atoms with Gasteiger partial charge in [0.25, 0.3) is 0 Å². The first-order chi connectivity index (χ1) is 8.08. The Hall–Kier alpha value is -0.900. The molecule has 0 bridgehead atoms. The quantitative estimate of drug-likeness (QED) is 0.771. The zero-order valence-corrected chi connectivity index (χ0v) is 11.9. The van der Waals surface area contributed by atoms with Crippen molar-refractivity contribution in [3.8, 4) is 0 Å². The van der Waals surface area contributed by atoms with E-state index in [4.69, 9.17) is 0 Å². The highest BCUT2D eigenvalue weighted by molar-refractivity contribution is 6.10. The third-order valence-corrected chi connectivity index (χ3v) is 4.24. The molecule has 1 heterocycles. The van der Waals surface area contributed by atoms with E-state index in [-0.39, 0.29) is 35.6 Å². The lowest BCUT2D eigenvalue weighted by atomic mass is 9.93. The summed E-state index contributed by atoms with van der Waals surface area (Å²) >= 11 is 0. The Morgan fingerprint density at radius 3 is 2.11 bits per heavy atom. The molecule has 1 aliphatic heterocycles. The van der Waals surface area contributed by atoms with E-state index in [0.717, 1.165) is 0 Å². The van der Waals surface area contributed by atoms with Crippen LogP contribution in [0.4, 0.5) is 0 Å². The summed E-state index contributed by atoms with van der Waals surface area (Å²) in [6.07, 6.45) is 0.586. The molecule has 2 amide bonds. The van der Waals surface area contributed by atoms with Gasteiger partial charge in [0.15, 0.2) is 0 Å². The van der Waals surface area contributed by atoms with Gasteiger partial charge in [-0.25, -0.2) is 0 Å². The number of fused-ring (bicyclic) bond motifs is 1. The van der Waals surface area contributed by atoms with Crippen LogP contribution >= 0.6 is 0 Å². The molecule has 4 nitrogen and oxygen atoms in total. The number of nitrogens with zero attached hydrogens (tertiary/aromatic N) is 1. The number of amides is 2. The smallest absolute Gasteiger partial charge is 0.233 e. The molecule has 2 fully saturated rings. The van der Waals surface area contributed by atoms with E-state index in [2.05, 4.69) is 0 Å². The fraction of sp³-hybridized carbons (Fsp3) is 0.857. The molecule has 3 unspecified atom stereocenters. The zero-order chi connectivity index (χ0) is 13.9. The molecule has 1 saturated heterocycles. The van der Waals surface area contributed by atoms with Gasteiger partial charge in [0.05, 0.1) is 24.0 Å². The minimum absolute atomic E-state index is 0.0981. The first kappa shape index (κ1) is 13.5. The molecule has 102 valence electrons. The predicted molar refractivity (Wildman–Crippen MR) is 67.6 cm³/mol. The number of carbonyl (C=O) groups is 2. The molecule has 2 rings (SSSR count). The second-order valence-electron chi connectivity index (χ2n) is 7.13. The van der Waals surface area contributed by atoms with Crippen molar-refractivity contribution >= 4 is 11.8 Å². The third kappa shape index (κ3) is 1.96. The summed E-state index contributed by atoms with van der Waals surface area (Å²) in [6, 6.07) is 0. The molecule has 1 saturated carbocycles. The molecule has 3 atom stereocenters. The maximum atomic E-state index is 12.1. The van der Waals surface area contributed by atoms with E-state index in [1.807, 2.05) is 27.7 Å². The van der Waals surface area contributed by atoms with Crippen molar-refractivity contribution in [3.63, 3.8) is 0 Å². The van der Waals surface area contributed by atoms with Crippen molar-refractivity contribution < 1.29 is 14.7 Å². The minimum atomic E-state index is -0.986. The van der Waals surface area contributed by atoms with Crippen molar-refractivity contribution in [2.24, 2.45) is 23.2 Å². The summed E-state index contributed by atoms with van der Waals surface area (Å²) in [5, 5.41) is 10.3. The van der Waals surface area contributed by atoms with Crippen molar-refractivity contribution in [2.75, 3.05) is 6.54 Å². The minimum Gasteiger partial charge on any atom is -0.388 e. The molecule has 2 aliphatic rings. The Morgan fingerprint density at radius 2 is 1.72 bits per heavy atom. The van der Waals surface area contributed by atoms with E-state index in [1.54, 1.807) is 6.92 Å². The summed E-state index contributed by atoms with van der Waals surface area (Å²) in [5.41, 5.74) is -1.16. The Morgan fingerprint density at radius 1 is 1.28 bits per heavy atom. The largest absolute Gasteiger partial charge is 0.388 e. The molecule has 4 heteroatoms. The summed E-state index contributed by atoms with van der Waals surface area (Å²) in [5.74, 6) is -0.170. The van der Waals surface area contributed by atoms with Gasteiger partial charge in [-0.15, -0.1) is 0 Å². The first-order valence-electron chi connectivity index (χ1n) is 6.65. The summed E-state index contributed by atoms with van der Waals surface area (Å²) in [7, 11) is 0. The number of β-amino-alcohol motifs (C(OH)–C–C–N with tert-alkyl or cyclic N) is 1. The van der Waals surface area contributed by atoms with E-state index in [1.165, 1.54) is 4.90 Å². The Kier molecular flexibility index (Phi) is 2.85. The second kappa shape index (κ2) is 3.80. The molecule has 0 spiro atoms. The summed E-state index contributed by atoms with van der Waals surface area (Å²) in [4.78, 5) is 25.5. The normalized spacial score (nSPS) is 32.7. The van der Waals surface area contributed by atoms with Crippen LogP contribution in [0.1, 0.15) is 41.0 Å². The van der Waals surface area contributed by atoms with Crippen molar-refractivity contribution in [3.05, 3.63) is 0 Å². The predicted octanol–water partition coefficient (Wildman–Crippen LogP) is 1.42. The molecule has 1 aliphatic carbocycles. The van der Waals surface area contributed by atoms with Crippen LogP contribution in [0.25, 0.3) is 0 Å². The van der Waals surface area contributed by atoms with Crippen molar-refractivity contribution in [2.45, 2.75) is 46.6 Å². The van der Waals surface area contributed by atoms with Crippen LogP contribution in [0, 0.1) is 23.2 Å². The van der Waals surface area contributed by atoms with Crippen LogP contribution in [-0.4, -0.2) is 34.0 Å². The van der Waals surface area contributed by atoms with E-state index in [0.29, 0.717) is 12.3 Å². The van der Waals surface area contributed by atoms with E-state index >= 15 is 0 Å². The lowest BCUT2D eigenvalue weighted by molar-refractivity contribution is -0.147. The van der Waals surface area contributed by atoms with Crippen LogP contribution in [0.5, 0.6) is 0 Å². The van der Waals surface area contributed by atoms with Crippen LogP contribution in [0.3, 0.4) is 0 Å². The van der Waals surface area contributed by atoms with Gasteiger partial charge in [-0.1, -0.05) is 27.7 Å². The number of likely N-dealkylation sites (tertiary alicyclic amines) is 1. The molecule has 0 aromatic heterocycles.